The Bertz CT molecular complexity index is 299. The number of hydrogen-bond acceptors (Lipinski definition) is 2. The second kappa shape index (κ2) is 4.96. The van der Waals surface area contributed by atoms with Gasteiger partial charge in [-0.2, -0.15) is 5.10 Å². The second-order valence-electron chi connectivity index (χ2n) is 3.76. The van der Waals surface area contributed by atoms with Gasteiger partial charge >= 0.3 is 0 Å². The van der Waals surface area contributed by atoms with Crippen molar-refractivity contribution in [1.29, 1.82) is 0 Å². The Labute approximate surface area is 85.8 Å². The van der Waals surface area contributed by atoms with Gasteiger partial charge in [0.2, 0.25) is 0 Å². The highest BCUT2D eigenvalue weighted by atomic mass is 15.3. The fraction of sp³-hybridized carbons (Fsp3) is 0.545. The van der Waals surface area contributed by atoms with Gasteiger partial charge < -0.3 is 5.32 Å². The van der Waals surface area contributed by atoms with Crippen LogP contribution in [0.3, 0.4) is 0 Å². The van der Waals surface area contributed by atoms with Crippen LogP contribution in [0.4, 0.5) is 0 Å². The van der Waals surface area contributed by atoms with Crippen LogP contribution in [0.25, 0.3) is 0 Å². The van der Waals surface area contributed by atoms with Crippen molar-refractivity contribution in [3.8, 4) is 0 Å². The standard InChI is InChI=1S/C11H19N3/c1-5-6-14-10(4)11(8-13-14)7-12-9(2)3/h5,8-9,12H,1,6-7H2,2-4H3. The van der Waals surface area contributed by atoms with Crippen LogP contribution in [0.2, 0.25) is 0 Å². The van der Waals surface area contributed by atoms with Crippen LogP contribution in [0.15, 0.2) is 18.9 Å². The summed E-state index contributed by atoms with van der Waals surface area (Å²) in [6.07, 6.45) is 3.79. The highest BCUT2D eigenvalue weighted by Crippen LogP contribution is 2.06. The predicted octanol–water partition coefficient (Wildman–Crippen LogP) is 1.88. The molecular weight excluding hydrogens is 174 g/mol. The highest BCUT2D eigenvalue weighted by molar-refractivity contribution is 5.16. The number of hydrogen-bond donors (Lipinski definition) is 1. The number of rotatable bonds is 5. The molecule has 0 aliphatic rings. The lowest BCUT2D eigenvalue weighted by atomic mass is 10.2. The van der Waals surface area contributed by atoms with Crippen LogP contribution in [0.1, 0.15) is 25.1 Å². The van der Waals surface area contributed by atoms with Crippen LogP contribution in [0, 0.1) is 6.92 Å². The van der Waals surface area contributed by atoms with Gasteiger partial charge in [0.05, 0.1) is 12.7 Å². The van der Waals surface area contributed by atoms with E-state index in [1.807, 2.05) is 17.0 Å². The molecule has 0 amide bonds. The molecule has 3 heteroatoms. The Morgan fingerprint density at radius 2 is 2.36 bits per heavy atom. The summed E-state index contributed by atoms with van der Waals surface area (Å²) in [5, 5.41) is 7.67. The van der Waals surface area contributed by atoms with E-state index in [1.165, 1.54) is 11.3 Å². The van der Waals surface area contributed by atoms with Gasteiger partial charge in [-0.1, -0.05) is 19.9 Å². The van der Waals surface area contributed by atoms with E-state index in [0.29, 0.717) is 6.04 Å². The average molecular weight is 193 g/mol. The maximum absolute atomic E-state index is 4.29. The summed E-state index contributed by atoms with van der Waals surface area (Å²) in [6.45, 7) is 11.8. The maximum atomic E-state index is 4.29. The van der Waals surface area contributed by atoms with E-state index < -0.39 is 0 Å². The molecule has 0 aliphatic heterocycles. The Kier molecular flexibility index (Phi) is 3.89. The van der Waals surface area contributed by atoms with Crippen molar-refractivity contribution in [3.05, 3.63) is 30.1 Å². The van der Waals surface area contributed by atoms with Crippen LogP contribution >= 0.6 is 0 Å². The molecule has 14 heavy (non-hydrogen) atoms. The topological polar surface area (TPSA) is 29.9 Å². The summed E-state index contributed by atoms with van der Waals surface area (Å²) in [7, 11) is 0. The molecule has 1 rings (SSSR count). The Balaban J connectivity index is 2.64. The summed E-state index contributed by atoms with van der Waals surface area (Å²) in [6, 6.07) is 0.511. The van der Waals surface area contributed by atoms with Crippen LogP contribution in [-0.4, -0.2) is 15.8 Å². The quantitative estimate of drug-likeness (QED) is 0.724. The van der Waals surface area contributed by atoms with Gasteiger partial charge in [-0.25, -0.2) is 0 Å². The van der Waals surface area contributed by atoms with Gasteiger partial charge in [-0.05, 0) is 6.92 Å². The van der Waals surface area contributed by atoms with Gasteiger partial charge in [-0.3, -0.25) is 4.68 Å². The molecule has 0 fully saturated rings. The zero-order chi connectivity index (χ0) is 10.6. The van der Waals surface area contributed by atoms with Crippen molar-refractivity contribution in [2.75, 3.05) is 0 Å². The van der Waals surface area contributed by atoms with E-state index in [4.69, 9.17) is 0 Å². The Hall–Kier alpha value is -1.09. The highest BCUT2D eigenvalue weighted by Gasteiger charge is 2.04. The van der Waals surface area contributed by atoms with Crippen molar-refractivity contribution in [2.24, 2.45) is 0 Å². The molecule has 1 aromatic heterocycles. The first-order valence-electron chi connectivity index (χ1n) is 5.00. The van der Waals surface area contributed by atoms with Gasteiger partial charge in [0.1, 0.15) is 0 Å². The first-order valence-corrected chi connectivity index (χ1v) is 5.00. The Morgan fingerprint density at radius 3 is 2.93 bits per heavy atom. The van der Waals surface area contributed by atoms with Crippen LogP contribution < -0.4 is 5.32 Å². The van der Waals surface area contributed by atoms with E-state index in [-0.39, 0.29) is 0 Å². The van der Waals surface area contributed by atoms with E-state index in [2.05, 4.69) is 37.8 Å². The number of nitrogens with zero attached hydrogens (tertiary/aromatic N) is 2. The molecule has 0 aromatic carbocycles. The van der Waals surface area contributed by atoms with Crippen LogP contribution in [-0.2, 0) is 13.1 Å². The molecule has 0 bridgehead atoms. The molecule has 78 valence electrons. The van der Waals surface area contributed by atoms with Gasteiger partial charge in [0.25, 0.3) is 0 Å². The number of nitrogens with one attached hydrogen (secondary N) is 1. The van der Waals surface area contributed by atoms with Crippen LogP contribution in [0.5, 0.6) is 0 Å². The predicted molar refractivity (Wildman–Crippen MR) is 59.1 cm³/mol. The van der Waals surface area contributed by atoms with Crippen molar-refractivity contribution in [3.63, 3.8) is 0 Å². The molecule has 0 atom stereocenters. The molecule has 1 aromatic rings. The third-order valence-electron chi connectivity index (χ3n) is 2.21. The molecule has 3 nitrogen and oxygen atoms in total. The van der Waals surface area contributed by atoms with Crippen molar-refractivity contribution in [2.45, 2.75) is 39.9 Å². The summed E-state index contributed by atoms with van der Waals surface area (Å²) < 4.78 is 1.96. The smallest absolute Gasteiger partial charge is 0.0590 e. The van der Waals surface area contributed by atoms with Crippen molar-refractivity contribution in [1.82, 2.24) is 15.1 Å². The Morgan fingerprint density at radius 1 is 1.64 bits per heavy atom. The molecule has 0 unspecified atom stereocenters. The minimum absolute atomic E-state index is 0.511. The third kappa shape index (κ3) is 2.70. The fourth-order valence-corrected chi connectivity index (χ4v) is 1.28. The largest absolute Gasteiger partial charge is 0.310 e. The lowest BCUT2D eigenvalue weighted by Gasteiger charge is -2.07. The maximum Gasteiger partial charge on any atom is 0.0590 e. The van der Waals surface area contributed by atoms with Gasteiger partial charge in [0, 0.05) is 23.8 Å². The monoisotopic (exact) mass is 193 g/mol. The first kappa shape index (κ1) is 11.0. The molecule has 0 saturated heterocycles. The average Bonchev–Trinajstić information content (AvgIpc) is 2.46. The minimum Gasteiger partial charge on any atom is -0.310 e. The van der Waals surface area contributed by atoms with E-state index in [1.54, 1.807) is 0 Å². The molecular formula is C11H19N3. The van der Waals surface area contributed by atoms with E-state index in [0.717, 1.165) is 13.1 Å². The zero-order valence-corrected chi connectivity index (χ0v) is 9.25. The lowest BCUT2D eigenvalue weighted by Crippen LogP contribution is -2.22. The number of allylic oxidation sites excluding steroid dienone is 1. The first-order chi connectivity index (χ1) is 6.65. The summed E-state index contributed by atoms with van der Waals surface area (Å²) in [5.74, 6) is 0. The van der Waals surface area contributed by atoms with E-state index >= 15 is 0 Å². The minimum atomic E-state index is 0.511. The van der Waals surface area contributed by atoms with E-state index in [9.17, 15) is 0 Å². The van der Waals surface area contributed by atoms with Crippen molar-refractivity contribution < 1.29 is 0 Å². The van der Waals surface area contributed by atoms with Crippen molar-refractivity contribution >= 4 is 0 Å². The normalized spacial score (nSPS) is 10.9. The summed E-state index contributed by atoms with van der Waals surface area (Å²) >= 11 is 0. The summed E-state index contributed by atoms with van der Waals surface area (Å²) in [5.41, 5.74) is 2.48. The van der Waals surface area contributed by atoms with Gasteiger partial charge in [0.15, 0.2) is 0 Å². The molecule has 0 saturated carbocycles. The summed E-state index contributed by atoms with van der Waals surface area (Å²) in [4.78, 5) is 0. The second-order valence-corrected chi connectivity index (χ2v) is 3.76. The fourth-order valence-electron chi connectivity index (χ4n) is 1.28. The third-order valence-corrected chi connectivity index (χ3v) is 2.21. The molecule has 1 heterocycles. The molecule has 1 N–H and O–H groups in total. The van der Waals surface area contributed by atoms with Gasteiger partial charge in [-0.15, -0.1) is 6.58 Å². The SMILES string of the molecule is C=CCn1ncc(CNC(C)C)c1C. The molecule has 0 spiro atoms. The molecule has 0 aliphatic carbocycles. The molecule has 0 radical (unpaired) electrons. The lowest BCUT2D eigenvalue weighted by molar-refractivity contribution is 0.585. The zero-order valence-electron chi connectivity index (χ0n) is 9.25. The number of aromatic nitrogens is 2.